The Morgan fingerprint density at radius 1 is 0.362 bits per heavy atom. The largest absolute Gasteiger partial charge is 0.462 e. The van der Waals surface area contributed by atoms with E-state index in [0.29, 0.717) is 19.3 Å². The van der Waals surface area contributed by atoms with E-state index in [1.807, 2.05) is 0 Å². The summed E-state index contributed by atoms with van der Waals surface area (Å²) in [5.41, 5.74) is 0. The van der Waals surface area contributed by atoms with Gasteiger partial charge >= 0.3 is 17.9 Å². The highest BCUT2D eigenvalue weighted by Crippen LogP contribution is 2.18. The third-order valence-corrected chi connectivity index (χ3v) is 12.1. The third kappa shape index (κ3) is 44.0. The Morgan fingerprint density at radius 3 is 0.983 bits per heavy atom. The fourth-order valence-corrected chi connectivity index (χ4v) is 7.78. The molecular weight excluding hydrogens is 721 g/mol. The second-order valence-electron chi connectivity index (χ2n) is 18.5. The lowest BCUT2D eigenvalue weighted by Crippen LogP contribution is -2.30. The Hall–Kier alpha value is -1.59. The highest BCUT2D eigenvalue weighted by molar-refractivity contribution is 5.71. The van der Waals surface area contributed by atoms with Crippen molar-refractivity contribution in [2.75, 3.05) is 13.2 Å². The van der Waals surface area contributed by atoms with E-state index in [4.69, 9.17) is 14.2 Å². The Labute approximate surface area is 361 Å². The summed E-state index contributed by atoms with van der Waals surface area (Å²) < 4.78 is 16.8. The van der Waals surface area contributed by atoms with Crippen molar-refractivity contribution in [2.24, 2.45) is 11.8 Å². The molecule has 0 aromatic heterocycles. The highest BCUT2D eigenvalue weighted by atomic mass is 16.6. The van der Waals surface area contributed by atoms with E-state index in [9.17, 15) is 14.4 Å². The van der Waals surface area contributed by atoms with E-state index in [-0.39, 0.29) is 31.1 Å². The summed E-state index contributed by atoms with van der Waals surface area (Å²) in [5, 5.41) is 0. The SMILES string of the molecule is CCCCCCCCCCCCCCCCCCCC(=O)O[C@@H](COC(=O)CCCCCCCCCCCCC(C)C)COC(=O)CCCCCCCCC(C)CC. The number of hydrogen-bond acceptors (Lipinski definition) is 6. The van der Waals surface area contributed by atoms with Crippen LogP contribution < -0.4 is 0 Å². The van der Waals surface area contributed by atoms with E-state index >= 15 is 0 Å². The quantitative estimate of drug-likeness (QED) is 0.0346. The minimum absolute atomic E-state index is 0.0648. The third-order valence-electron chi connectivity index (χ3n) is 12.1. The van der Waals surface area contributed by atoms with Crippen molar-refractivity contribution >= 4 is 17.9 Å². The summed E-state index contributed by atoms with van der Waals surface area (Å²) in [7, 11) is 0. The molecule has 6 nitrogen and oxygen atoms in total. The summed E-state index contributed by atoms with van der Waals surface area (Å²) in [6.07, 6.45) is 45.2. The predicted molar refractivity (Wildman–Crippen MR) is 247 cm³/mol. The van der Waals surface area contributed by atoms with Crippen LogP contribution in [0.1, 0.15) is 285 Å². The molecule has 0 saturated carbocycles. The zero-order valence-corrected chi connectivity index (χ0v) is 39.7. The lowest BCUT2D eigenvalue weighted by molar-refractivity contribution is -0.167. The number of carbonyl (C=O) groups excluding carboxylic acids is 3. The number of carbonyl (C=O) groups is 3. The molecule has 1 unspecified atom stereocenters. The van der Waals surface area contributed by atoms with E-state index in [1.165, 1.54) is 173 Å². The minimum Gasteiger partial charge on any atom is -0.462 e. The standard InChI is InChI=1S/C52H100O6/c1-6-8-9-10-11-12-13-14-15-16-17-18-19-24-27-34-39-44-52(55)58-49(46-57-51(54)43-38-33-29-28-31-36-41-48(5)7-2)45-56-50(53)42-37-32-26-23-21-20-22-25-30-35-40-47(3)4/h47-49H,6-46H2,1-5H3/t48?,49-/m0/s1. The molecule has 0 amide bonds. The lowest BCUT2D eigenvalue weighted by atomic mass is 10.00. The first-order valence-corrected chi connectivity index (χ1v) is 25.8. The highest BCUT2D eigenvalue weighted by Gasteiger charge is 2.19. The van der Waals surface area contributed by atoms with Crippen LogP contribution in [0.3, 0.4) is 0 Å². The first-order chi connectivity index (χ1) is 28.3. The summed E-state index contributed by atoms with van der Waals surface area (Å²) in [4.78, 5) is 37.9. The summed E-state index contributed by atoms with van der Waals surface area (Å²) in [6.45, 7) is 11.3. The predicted octanol–water partition coefficient (Wildman–Crippen LogP) is 16.5. The van der Waals surface area contributed by atoms with Crippen LogP contribution in [-0.2, 0) is 28.6 Å². The molecule has 0 heterocycles. The maximum absolute atomic E-state index is 12.8. The van der Waals surface area contributed by atoms with Gasteiger partial charge in [0.05, 0.1) is 0 Å². The number of ether oxygens (including phenoxy) is 3. The van der Waals surface area contributed by atoms with Crippen molar-refractivity contribution in [3.05, 3.63) is 0 Å². The molecule has 0 bridgehead atoms. The Bertz CT molecular complexity index is 887. The minimum atomic E-state index is -0.762. The van der Waals surface area contributed by atoms with Crippen LogP contribution in [-0.4, -0.2) is 37.2 Å². The zero-order valence-electron chi connectivity index (χ0n) is 39.7. The average Bonchev–Trinajstić information content (AvgIpc) is 3.21. The molecule has 0 fully saturated rings. The smallest absolute Gasteiger partial charge is 0.306 e. The lowest BCUT2D eigenvalue weighted by Gasteiger charge is -2.18. The molecule has 0 N–H and O–H groups in total. The topological polar surface area (TPSA) is 78.9 Å². The van der Waals surface area contributed by atoms with Crippen LogP contribution in [0.2, 0.25) is 0 Å². The van der Waals surface area contributed by atoms with Crippen molar-refractivity contribution < 1.29 is 28.6 Å². The molecule has 0 aliphatic heterocycles. The second kappa shape index (κ2) is 44.9. The molecule has 2 atom stereocenters. The molecule has 6 heteroatoms. The van der Waals surface area contributed by atoms with Gasteiger partial charge in [-0.3, -0.25) is 14.4 Å². The molecule has 344 valence electrons. The van der Waals surface area contributed by atoms with Gasteiger partial charge in [-0.15, -0.1) is 0 Å². The van der Waals surface area contributed by atoms with Crippen molar-refractivity contribution in [2.45, 2.75) is 291 Å². The van der Waals surface area contributed by atoms with Gasteiger partial charge in [0.2, 0.25) is 0 Å². The second-order valence-corrected chi connectivity index (χ2v) is 18.5. The molecule has 0 aromatic rings. The van der Waals surface area contributed by atoms with Crippen LogP contribution in [0.25, 0.3) is 0 Å². The fraction of sp³-hybridized carbons (Fsp3) is 0.942. The monoisotopic (exact) mass is 821 g/mol. The normalized spacial score (nSPS) is 12.5. The first-order valence-electron chi connectivity index (χ1n) is 25.8. The number of esters is 3. The van der Waals surface area contributed by atoms with Gasteiger partial charge in [0.15, 0.2) is 6.10 Å². The van der Waals surface area contributed by atoms with Gasteiger partial charge in [-0.25, -0.2) is 0 Å². The molecule has 0 rings (SSSR count). The van der Waals surface area contributed by atoms with Crippen LogP contribution in [0.5, 0.6) is 0 Å². The molecule has 58 heavy (non-hydrogen) atoms. The van der Waals surface area contributed by atoms with Crippen molar-refractivity contribution in [3.8, 4) is 0 Å². The molecule has 0 radical (unpaired) electrons. The van der Waals surface area contributed by atoms with E-state index in [0.717, 1.165) is 69.6 Å². The molecule has 0 aliphatic carbocycles. The Balaban J connectivity index is 4.29. The fourth-order valence-electron chi connectivity index (χ4n) is 7.78. The van der Waals surface area contributed by atoms with Gasteiger partial charge in [0, 0.05) is 19.3 Å². The van der Waals surface area contributed by atoms with Gasteiger partial charge in [0.25, 0.3) is 0 Å². The van der Waals surface area contributed by atoms with Crippen LogP contribution in [0.15, 0.2) is 0 Å². The van der Waals surface area contributed by atoms with Crippen molar-refractivity contribution in [1.29, 1.82) is 0 Å². The van der Waals surface area contributed by atoms with Gasteiger partial charge in [-0.2, -0.15) is 0 Å². The zero-order chi connectivity index (χ0) is 42.6. The maximum Gasteiger partial charge on any atom is 0.306 e. The molecule has 0 spiro atoms. The van der Waals surface area contributed by atoms with Crippen molar-refractivity contribution in [3.63, 3.8) is 0 Å². The molecular formula is C52H100O6. The van der Waals surface area contributed by atoms with Crippen LogP contribution >= 0.6 is 0 Å². The summed E-state index contributed by atoms with van der Waals surface area (Å²) in [6, 6.07) is 0. The Morgan fingerprint density at radius 2 is 0.655 bits per heavy atom. The number of unbranched alkanes of at least 4 members (excludes halogenated alkanes) is 30. The van der Waals surface area contributed by atoms with E-state index in [2.05, 4.69) is 34.6 Å². The Kier molecular flexibility index (Phi) is 43.7. The number of hydrogen-bond donors (Lipinski definition) is 0. The molecule has 0 aliphatic rings. The average molecular weight is 821 g/mol. The van der Waals surface area contributed by atoms with E-state index in [1.54, 1.807) is 0 Å². The van der Waals surface area contributed by atoms with Gasteiger partial charge in [-0.1, -0.05) is 247 Å². The van der Waals surface area contributed by atoms with Crippen LogP contribution in [0, 0.1) is 11.8 Å². The first kappa shape index (κ1) is 56.4. The van der Waals surface area contributed by atoms with E-state index < -0.39 is 6.10 Å². The number of rotatable bonds is 46. The molecule has 0 aromatic carbocycles. The van der Waals surface area contributed by atoms with Gasteiger partial charge in [-0.05, 0) is 31.1 Å². The summed E-state index contributed by atoms with van der Waals surface area (Å²) >= 11 is 0. The van der Waals surface area contributed by atoms with Gasteiger partial charge < -0.3 is 14.2 Å². The van der Waals surface area contributed by atoms with Crippen LogP contribution in [0.4, 0.5) is 0 Å². The maximum atomic E-state index is 12.8. The summed E-state index contributed by atoms with van der Waals surface area (Å²) in [5.74, 6) is 0.780. The van der Waals surface area contributed by atoms with Gasteiger partial charge in [0.1, 0.15) is 13.2 Å². The van der Waals surface area contributed by atoms with Crippen molar-refractivity contribution in [1.82, 2.24) is 0 Å². The molecule has 0 saturated heterocycles.